The maximum absolute atomic E-state index is 5.73. The Labute approximate surface area is 188 Å². The smallest absolute Gasteiger partial charge is 0.184 e. The van der Waals surface area contributed by atoms with Crippen molar-refractivity contribution in [3.63, 3.8) is 0 Å². The number of hydrogen-bond donors (Lipinski definition) is 0. The molecule has 1 saturated heterocycles. The minimum Gasteiger partial charge on any atom is -0.381 e. The maximum Gasteiger partial charge on any atom is 0.184 e. The zero-order valence-electron chi connectivity index (χ0n) is 14.5. The molecule has 0 amide bonds. The highest BCUT2D eigenvalue weighted by molar-refractivity contribution is 9.10. The second-order valence-electron chi connectivity index (χ2n) is 5.74. The van der Waals surface area contributed by atoms with Gasteiger partial charge in [-0.1, -0.05) is 43.5 Å². The zero-order chi connectivity index (χ0) is 19.2. The second-order valence-corrected chi connectivity index (χ2v) is 10.4. The first-order chi connectivity index (χ1) is 13.0. The van der Waals surface area contributed by atoms with Gasteiger partial charge in [-0.3, -0.25) is 0 Å². The van der Waals surface area contributed by atoms with E-state index in [1.165, 1.54) is 28.9 Å². The monoisotopic (exact) mass is 546 g/mol. The molecule has 1 aliphatic heterocycles. The van der Waals surface area contributed by atoms with Gasteiger partial charge in [0.15, 0.2) is 4.47 Å². The van der Waals surface area contributed by atoms with Gasteiger partial charge in [-0.25, -0.2) is 9.97 Å². The molecule has 1 fully saturated rings. The Morgan fingerprint density at radius 2 is 1.59 bits per heavy atom. The molecule has 3 nitrogen and oxygen atoms in total. The van der Waals surface area contributed by atoms with Crippen LogP contribution in [0.4, 0.5) is 0 Å². The summed E-state index contributed by atoms with van der Waals surface area (Å²) in [6.45, 7) is 4.03. The summed E-state index contributed by atoms with van der Waals surface area (Å²) < 4.78 is 10.1. The molecule has 0 bridgehead atoms. The molecule has 0 aliphatic carbocycles. The lowest BCUT2D eigenvalue weighted by Crippen LogP contribution is -1.74. The van der Waals surface area contributed by atoms with Gasteiger partial charge in [0, 0.05) is 22.2 Å². The molecule has 8 heteroatoms. The van der Waals surface area contributed by atoms with E-state index in [0.29, 0.717) is 4.47 Å². The number of aryl methyl sites for hydroxylation is 1. The molecule has 2 aromatic heterocycles. The van der Waals surface area contributed by atoms with Gasteiger partial charge < -0.3 is 4.74 Å². The normalized spacial score (nSPS) is 13.2. The first-order valence-corrected chi connectivity index (χ1v) is 11.9. The molecule has 0 unspecified atom stereocenters. The number of fused-ring (bicyclic) bond motifs is 2. The molecular weight excluding hydrogens is 532 g/mol. The Balaban J connectivity index is 0.000000125. The van der Waals surface area contributed by atoms with Gasteiger partial charge in [0.05, 0.1) is 25.4 Å². The van der Waals surface area contributed by atoms with E-state index >= 15 is 0 Å². The first kappa shape index (κ1) is 21.1. The topological polar surface area (TPSA) is 35.0 Å². The Morgan fingerprint density at radius 3 is 2.30 bits per heavy atom. The van der Waals surface area contributed by atoms with Crippen molar-refractivity contribution in [2.75, 3.05) is 13.2 Å². The number of benzene rings is 2. The Hall–Kier alpha value is -0.570. The average molecular weight is 549 g/mol. The standard InChI is InChI=1S/C8H6BrNS.C7H3BrClNS.C4H8O/c1-5-10-7-3-2-6(9)4-8(7)11-5;8-4-1-2-6-5(3-4)10-7(9)11-6;1-2-4-5-3-1/h2-4H,1H3;1-3H;1-4H2. The van der Waals surface area contributed by atoms with Gasteiger partial charge >= 0.3 is 0 Å². The van der Waals surface area contributed by atoms with Crippen molar-refractivity contribution in [1.29, 1.82) is 0 Å². The van der Waals surface area contributed by atoms with Crippen molar-refractivity contribution >= 4 is 86.6 Å². The van der Waals surface area contributed by atoms with Crippen LogP contribution in [0.15, 0.2) is 45.3 Å². The lowest BCUT2D eigenvalue weighted by molar-refractivity contribution is 0.198. The predicted octanol–water partition coefficient (Wildman–Crippen LogP) is 7.88. The Bertz CT molecular complexity index is 945. The molecule has 0 atom stereocenters. The van der Waals surface area contributed by atoms with Crippen LogP contribution in [0.5, 0.6) is 0 Å². The number of aromatic nitrogens is 2. The van der Waals surface area contributed by atoms with E-state index in [-0.39, 0.29) is 0 Å². The summed E-state index contributed by atoms with van der Waals surface area (Å²) in [4.78, 5) is 8.48. The molecular formula is C19H17Br2ClN2OS2. The molecule has 5 rings (SSSR count). The fraction of sp³-hybridized carbons (Fsp3) is 0.263. The number of rotatable bonds is 0. The van der Waals surface area contributed by atoms with E-state index in [1.54, 1.807) is 11.3 Å². The van der Waals surface area contributed by atoms with Crippen LogP contribution >= 0.6 is 66.1 Å². The van der Waals surface area contributed by atoms with Gasteiger partial charge in [0.1, 0.15) is 0 Å². The molecule has 142 valence electrons. The number of nitrogens with zero attached hydrogens (tertiary/aromatic N) is 2. The summed E-state index contributed by atoms with van der Waals surface area (Å²) >= 11 is 15.7. The summed E-state index contributed by atoms with van der Waals surface area (Å²) in [5, 5.41) is 1.12. The molecule has 0 saturated carbocycles. The second kappa shape index (κ2) is 10.3. The van der Waals surface area contributed by atoms with E-state index in [2.05, 4.69) is 47.9 Å². The van der Waals surface area contributed by atoms with Gasteiger partial charge in [0.25, 0.3) is 0 Å². The Kier molecular flexibility index (Phi) is 8.05. The largest absolute Gasteiger partial charge is 0.381 e. The van der Waals surface area contributed by atoms with Crippen LogP contribution in [0, 0.1) is 6.92 Å². The minimum absolute atomic E-state index is 0.595. The lowest BCUT2D eigenvalue weighted by Gasteiger charge is -1.86. The van der Waals surface area contributed by atoms with Crippen molar-refractivity contribution in [3.8, 4) is 0 Å². The molecule has 2 aromatic carbocycles. The van der Waals surface area contributed by atoms with Crippen LogP contribution in [0.3, 0.4) is 0 Å². The van der Waals surface area contributed by atoms with Crippen molar-refractivity contribution in [2.24, 2.45) is 0 Å². The summed E-state index contributed by atoms with van der Waals surface area (Å²) in [6, 6.07) is 12.1. The van der Waals surface area contributed by atoms with E-state index in [9.17, 15) is 0 Å². The Morgan fingerprint density at radius 1 is 0.889 bits per heavy atom. The molecule has 1 aliphatic rings. The summed E-state index contributed by atoms with van der Waals surface area (Å²) in [5.74, 6) is 0. The van der Waals surface area contributed by atoms with Crippen LogP contribution in [-0.4, -0.2) is 23.2 Å². The third kappa shape index (κ3) is 6.48. The highest BCUT2D eigenvalue weighted by atomic mass is 79.9. The molecule has 4 aromatic rings. The number of halogens is 3. The highest BCUT2D eigenvalue weighted by Crippen LogP contribution is 2.27. The summed E-state index contributed by atoms with van der Waals surface area (Å²) in [7, 11) is 0. The summed E-state index contributed by atoms with van der Waals surface area (Å²) in [5.41, 5.74) is 2.05. The van der Waals surface area contributed by atoms with Crippen LogP contribution < -0.4 is 0 Å². The quantitative estimate of drug-likeness (QED) is 0.224. The van der Waals surface area contributed by atoms with E-state index in [0.717, 1.165) is 42.9 Å². The van der Waals surface area contributed by atoms with Crippen LogP contribution in [0.25, 0.3) is 20.4 Å². The highest BCUT2D eigenvalue weighted by Gasteiger charge is 2.00. The van der Waals surface area contributed by atoms with Crippen molar-refractivity contribution in [2.45, 2.75) is 19.8 Å². The first-order valence-electron chi connectivity index (χ1n) is 8.33. The molecule has 27 heavy (non-hydrogen) atoms. The van der Waals surface area contributed by atoms with Crippen LogP contribution in [0.2, 0.25) is 4.47 Å². The maximum atomic E-state index is 5.73. The van der Waals surface area contributed by atoms with Gasteiger partial charge in [-0.2, -0.15) is 0 Å². The van der Waals surface area contributed by atoms with E-state index in [1.807, 2.05) is 37.3 Å². The number of thiazole rings is 2. The van der Waals surface area contributed by atoms with Crippen LogP contribution in [0.1, 0.15) is 17.8 Å². The SMILES string of the molecule is C1CCOC1.Cc1nc2ccc(Br)cc2s1.Clc1nc2cc(Br)ccc2s1. The molecule has 0 radical (unpaired) electrons. The minimum atomic E-state index is 0.595. The van der Waals surface area contributed by atoms with Crippen molar-refractivity contribution in [1.82, 2.24) is 9.97 Å². The fourth-order valence-electron chi connectivity index (χ4n) is 2.40. The average Bonchev–Trinajstić information content (AvgIpc) is 3.35. The zero-order valence-corrected chi connectivity index (χ0v) is 20.1. The fourth-order valence-corrected chi connectivity index (χ4v) is 5.14. The van der Waals surface area contributed by atoms with Crippen LogP contribution in [-0.2, 0) is 4.74 Å². The molecule has 0 spiro atoms. The molecule has 0 N–H and O–H groups in total. The van der Waals surface area contributed by atoms with Gasteiger partial charge in [-0.05, 0) is 56.2 Å². The third-order valence-electron chi connectivity index (χ3n) is 3.61. The van der Waals surface area contributed by atoms with E-state index < -0.39 is 0 Å². The number of hydrogen-bond acceptors (Lipinski definition) is 5. The van der Waals surface area contributed by atoms with Gasteiger partial charge in [-0.15, -0.1) is 22.7 Å². The lowest BCUT2D eigenvalue weighted by atomic mass is 10.3. The van der Waals surface area contributed by atoms with Crippen molar-refractivity contribution < 1.29 is 4.74 Å². The number of ether oxygens (including phenoxy) is 1. The molecule has 3 heterocycles. The third-order valence-corrected chi connectivity index (χ3v) is 6.67. The predicted molar refractivity (Wildman–Crippen MR) is 124 cm³/mol. The summed E-state index contributed by atoms with van der Waals surface area (Å²) in [6.07, 6.45) is 2.56. The van der Waals surface area contributed by atoms with Crippen molar-refractivity contribution in [3.05, 3.63) is 54.8 Å². The van der Waals surface area contributed by atoms with E-state index in [4.69, 9.17) is 16.3 Å². The van der Waals surface area contributed by atoms with Gasteiger partial charge in [0.2, 0.25) is 0 Å².